The van der Waals surface area contributed by atoms with Crippen LogP contribution in [-0.2, 0) is 24.3 Å². The summed E-state index contributed by atoms with van der Waals surface area (Å²) in [4.78, 5) is 24.2. The van der Waals surface area contributed by atoms with Crippen LogP contribution in [0.25, 0.3) is 11.1 Å². The van der Waals surface area contributed by atoms with E-state index in [1.165, 1.54) is 26.3 Å². The van der Waals surface area contributed by atoms with Crippen LogP contribution < -0.4 is 4.74 Å². The average molecular weight is 446 g/mol. The number of nitrogens with zero attached hydrogens (tertiary/aromatic N) is 1. The fourth-order valence-corrected chi connectivity index (χ4v) is 5.32. The Balaban J connectivity index is 1.85. The Bertz CT molecular complexity index is 1020. The molecule has 1 aliphatic rings. The van der Waals surface area contributed by atoms with Crippen molar-refractivity contribution in [1.82, 2.24) is 4.31 Å². The standard InChI is InChI=1S/C23H27NO6S/c1-24(22(23(26)30-3)18-4-10-19(25)11-5-18)31(27,28)21-14-8-17(9-15-21)16-6-12-20(29-2)13-7-16/h6-9,12-15,18,22H,4-5,10-11H2,1-3H3/t22-/m1/s1. The van der Waals surface area contributed by atoms with Gasteiger partial charge in [0, 0.05) is 19.9 Å². The van der Waals surface area contributed by atoms with Crippen molar-refractivity contribution >= 4 is 21.8 Å². The Hall–Kier alpha value is -2.71. The van der Waals surface area contributed by atoms with Crippen molar-refractivity contribution in [1.29, 1.82) is 0 Å². The molecule has 0 N–H and O–H groups in total. The SMILES string of the molecule is COC(=O)[C@@H](C1CCC(=O)CC1)N(C)S(=O)(=O)c1ccc(-c2ccc(OC)cc2)cc1. The number of methoxy groups -OCH3 is 2. The van der Waals surface area contributed by atoms with Gasteiger partial charge in [-0.3, -0.25) is 9.59 Å². The van der Waals surface area contributed by atoms with Crippen molar-refractivity contribution in [2.24, 2.45) is 5.92 Å². The summed E-state index contributed by atoms with van der Waals surface area (Å²) in [5.74, 6) is 0.00566. The van der Waals surface area contributed by atoms with Gasteiger partial charge in [0.1, 0.15) is 17.6 Å². The van der Waals surface area contributed by atoms with Crippen LogP contribution in [-0.4, -0.2) is 51.8 Å². The first-order chi connectivity index (χ1) is 14.8. The van der Waals surface area contributed by atoms with E-state index in [4.69, 9.17) is 9.47 Å². The molecule has 1 atom stereocenters. The second-order valence-electron chi connectivity index (χ2n) is 7.62. The van der Waals surface area contributed by atoms with Crippen molar-refractivity contribution in [2.75, 3.05) is 21.3 Å². The second kappa shape index (κ2) is 9.62. The molecular weight excluding hydrogens is 418 g/mol. The number of Topliss-reactive ketones (excluding diaryl/α,β-unsaturated/α-hetero) is 1. The summed E-state index contributed by atoms with van der Waals surface area (Å²) in [6, 6.07) is 13.0. The molecule has 0 saturated heterocycles. The molecule has 1 fully saturated rings. The first kappa shape index (κ1) is 23.0. The van der Waals surface area contributed by atoms with Gasteiger partial charge in [0.05, 0.1) is 19.1 Å². The number of likely N-dealkylation sites (N-methyl/N-ethyl adjacent to an activating group) is 1. The summed E-state index contributed by atoms with van der Waals surface area (Å²) in [6.07, 6.45) is 1.63. The molecule has 1 saturated carbocycles. The minimum Gasteiger partial charge on any atom is -0.497 e. The Kier molecular flexibility index (Phi) is 7.12. The van der Waals surface area contributed by atoms with Gasteiger partial charge >= 0.3 is 5.97 Å². The molecule has 7 nitrogen and oxygen atoms in total. The molecule has 2 aromatic rings. The number of benzene rings is 2. The maximum Gasteiger partial charge on any atom is 0.324 e. The van der Waals surface area contributed by atoms with Gasteiger partial charge < -0.3 is 9.47 Å². The lowest BCUT2D eigenvalue weighted by Crippen LogP contribution is -2.48. The van der Waals surface area contributed by atoms with Crippen molar-refractivity contribution in [3.05, 3.63) is 48.5 Å². The zero-order valence-electron chi connectivity index (χ0n) is 17.9. The first-order valence-electron chi connectivity index (χ1n) is 10.1. The third-order valence-corrected chi connectivity index (χ3v) is 7.68. The molecule has 3 rings (SSSR count). The average Bonchev–Trinajstić information content (AvgIpc) is 2.80. The van der Waals surface area contributed by atoms with E-state index in [1.807, 2.05) is 24.3 Å². The molecule has 31 heavy (non-hydrogen) atoms. The smallest absolute Gasteiger partial charge is 0.324 e. The van der Waals surface area contributed by atoms with Crippen molar-refractivity contribution in [3.8, 4) is 16.9 Å². The lowest BCUT2D eigenvalue weighted by molar-refractivity contribution is -0.147. The number of rotatable bonds is 7. The number of esters is 1. The summed E-state index contributed by atoms with van der Waals surface area (Å²) in [7, 11) is 0.294. The number of ether oxygens (including phenoxy) is 2. The largest absolute Gasteiger partial charge is 0.497 e. The summed E-state index contributed by atoms with van der Waals surface area (Å²) in [6.45, 7) is 0. The molecule has 2 aromatic carbocycles. The fourth-order valence-electron chi connectivity index (χ4n) is 3.95. The maximum absolute atomic E-state index is 13.3. The lowest BCUT2D eigenvalue weighted by Gasteiger charge is -2.33. The predicted molar refractivity (Wildman–Crippen MR) is 116 cm³/mol. The molecule has 0 radical (unpaired) electrons. The molecule has 0 aromatic heterocycles. The number of hydrogen-bond acceptors (Lipinski definition) is 6. The fraction of sp³-hybridized carbons (Fsp3) is 0.391. The van der Waals surface area contributed by atoms with Crippen molar-refractivity contribution in [3.63, 3.8) is 0 Å². The number of carbonyl (C=O) groups excluding carboxylic acids is 2. The molecule has 0 unspecified atom stereocenters. The zero-order chi connectivity index (χ0) is 22.6. The number of ketones is 1. The molecule has 0 spiro atoms. The van der Waals surface area contributed by atoms with Crippen LogP contribution in [0.1, 0.15) is 25.7 Å². The van der Waals surface area contributed by atoms with Crippen molar-refractivity contribution < 1.29 is 27.5 Å². The molecule has 0 amide bonds. The Morgan fingerprint density at radius 1 is 0.968 bits per heavy atom. The lowest BCUT2D eigenvalue weighted by atomic mass is 9.83. The van der Waals surface area contributed by atoms with Gasteiger partial charge in [0.15, 0.2) is 0 Å². The van der Waals surface area contributed by atoms with Crippen LogP contribution >= 0.6 is 0 Å². The highest BCUT2D eigenvalue weighted by Crippen LogP contribution is 2.31. The van der Waals surface area contributed by atoms with Gasteiger partial charge in [-0.05, 0) is 54.2 Å². The number of carbonyl (C=O) groups is 2. The van der Waals surface area contributed by atoms with Crippen molar-refractivity contribution in [2.45, 2.75) is 36.6 Å². The highest BCUT2D eigenvalue weighted by Gasteiger charge is 2.40. The molecule has 0 aliphatic heterocycles. The van der Waals surface area contributed by atoms with Crippen LogP contribution in [0.3, 0.4) is 0 Å². The Morgan fingerprint density at radius 3 is 1.97 bits per heavy atom. The maximum atomic E-state index is 13.3. The van der Waals surface area contributed by atoms with Gasteiger partial charge in [-0.25, -0.2) is 8.42 Å². The summed E-state index contributed by atoms with van der Waals surface area (Å²) < 4.78 is 37.7. The van der Waals surface area contributed by atoms with E-state index in [2.05, 4.69) is 0 Å². The van der Waals surface area contributed by atoms with Gasteiger partial charge in [0.25, 0.3) is 0 Å². The number of sulfonamides is 1. The van der Waals surface area contributed by atoms with Gasteiger partial charge in [0.2, 0.25) is 10.0 Å². The van der Waals surface area contributed by atoms with E-state index in [0.29, 0.717) is 25.7 Å². The topological polar surface area (TPSA) is 90.0 Å². The van der Waals surface area contributed by atoms with E-state index in [0.717, 1.165) is 21.2 Å². The van der Waals surface area contributed by atoms with E-state index in [1.54, 1.807) is 19.2 Å². The summed E-state index contributed by atoms with van der Waals surface area (Å²) in [5, 5.41) is 0. The highest BCUT2D eigenvalue weighted by molar-refractivity contribution is 7.89. The summed E-state index contributed by atoms with van der Waals surface area (Å²) >= 11 is 0. The zero-order valence-corrected chi connectivity index (χ0v) is 18.7. The molecule has 0 bridgehead atoms. The quantitative estimate of drug-likeness (QED) is 0.608. The monoisotopic (exact) mass is 445 g/mol. The third kappa shape index (κ3) is 4.97. The van der Waals surface area contributed by atoms with Crippen LogP contribution in [0, 0.1) is 5.92 Å². The molecule has 0 heterocycles. The van der Waals surface area contributed by atoms with Gasteiger partial charge in [-0.1, -0.05) is 24.3 Å². The third-order valence-electron chi connectivity index (χ3n) is 5.82. The predicted octanol–water partition coefficient (Wildman–Crippen LogP) is 3.28. The number of hydrogen-bond donors (Lipinski definition) is 0. The van der Waals surface area contributed by atoms with E-state index < -0.39 is 22.0 Å². The van der Waals surface area contributed by atoms with Crippen LogP contribution in [0.5, 0.6) is 5.75 Å². The summed E-state index contributed by atoms with van der Waals surface area (Å²) in [5.41, 5.74) is 1.79. The van der Waals surface area contributed by atoms with Gasteiger partial charge in [-0.15, -0.1) is 0 Å². The first-order valence-corrected chi connectivity index (χ1v) is 11.5. The minimum atomic E-state index is -3.94. The molecular formula is C23H27NO6S. The van der Waals surface area contributed by atoms with Crippen LogP contribution in [0.2, 0.25) is 0 Å². The Morgan fingerprint density at radius 2 is 1.48 bits per heavy atom. The molecule has 8 heteroatoms. The Labute approximate surface area is 183 Å². The second-order valence-corrected chi connectivity index (χ2v) is 9.62. The van der Waals surface area contributed by atoms with Crippen LogP contribution in [0.4, 0.5) is 0 Å². The van der Waals surface area contributed by atoms with Crippen LogP contribution in [0.15, 0.2) is 53.4 Å². The van der Waals surface area contributed by atoms with E-state index >= 15 is 0 Å². The van der Waals surface area contributed by atoms with E-state index in [9.17, 15) is 18.0 Å². The molecule has 166 valence electrons. The highest BCUT2D eigenvalue weighted by atomic mass is 32.2. The normalized spacial score (nSPS) is 16.2. The minimum absolute atomic E-state index is 0.0908. The van der Waals surface area contributed by atoms with E-state index in [-0.39, 0.29) is 16.6 Å². The van der Waals surface area contributed by atoms with Gasteiger partial charge in [-0.2, -0.15) is 4.31 Å². The molecule has 1 aliphatic carbocycles.